The number of hydrogen-bond acceptors (Lipinski definition) is 5. The van der Waals surface area contributed by atoms with Crippen molar-refractivity contribution in [2.24, 2.45) is 13.0 Å². The van der Waals surface area contributed by atoms with Crippen molar-refractivity contribution >= 4 is 11.6 Å². The minimum atomic E-state index is -4.71. The second-order valence-corrected chi connectivity index (χ2v) is 9.94. The van der Waals surface area contributed by atoms with E-state index in [4.69, 9.17) is 0 Å². The van der Waals surface area contributed by atoms with Crippen molar-refractivity contribution in [1.82, 2.24) is 24.6 Å². The molecule has 4 rings (SSSR count). The standard InChI is InChI=1S/C28H27F5N6O2/c1-16(2)11-34-12-17-8-22(27(41)39(13-17)14-28(31,32)33)26(40)36-24-9-18(4-7-23(24)30)20-6-5-19(29)10-21(20)25-37-35-15-38(25)3/h4-10,13,15-16,34H,11-12,14H2,1-3H3,(H,36,40). The smallest absolute Gasteiger partial charge is 0.319 e. The first-order valence-corrected chi connectivity index (χ1v) is 12.6. The molecule has 4 aromatic rings. The summed E-state index contributed by atoms with van der Waals surface area (Å²) in [5.74, 6) is -1.89. The summed E-state index contributed by atoms with van der Waals surface area (Å²) in [6.45, 7) is 2.96. The molecule has 0 aliphatic heterocycles. The highest BCUT2D eigenvalue weighted by Gasteiger charge is 2.30. The highest BCUT2D eigenvalue weighted by Crippen LogP contribution is 2.33. The van der Waals surface area contributed by atoms with Crippen molar-refractivity contribution in [1.29, 1.82) is 0 Å². The first-order chi connectivity index (χ1) is 19.3. The zero-order valence-electron chi connectivity index (χ0n) is 22.4. The van der Waals surface area contributed by atoms with Crippen LogP contribution < -0.4 is 16.2 Å². The van der Waals surface area contributed by atoms with Crippen molar-refractivity contribution in [3.8, 4) is 22.5 Å². The molecular formula is C28H27F5N6O2. The van der Waals surface area contributed by atoms with Crippen molar-refractivity contribution in [3.05, 3.63) is 88.1 Å². The Labute approximate surface area is 231 Å². The van der Waals surface area contributed by atoms with Crippen LogP contribution in [0.25, 0.3) is 22.5 Å². The molecule has 0 unspecified atom stereocenters. The number of pyridine rings is 1. The van der Waals surface area contributed by atoms with Gasteiger partial charge in [0.15, 0.2) is 5.82 Å². The molecule has 0 saturated carbocycles. The zero-order chi connectivity index (χ0) is 29.9. The summed E-state index contributed by atoms with van der Waals surface area (Å²) in [4.78, 5) is 26.0. The Hall–Kier alpha value is -4.39. The molecule has 0 spiro atoms. The molecule has 0 radical (unpaired) electrons. The molecule has 2 heterocycles. The third-order valence-corrected chi connectivity index (χ3v) is 6.08. The Morgan fingerprint density at radius 2 is 1.80 bits per heavy atom. The van der Waals surface area contributed by atoms with Crippen molar-refractivity contribution in [3.63, 3.8) is 0 Å². The third kappa shape index (κ3) is 7.23. The maximum absolute atomic E-state index is 14.8. The molecule has 13 heteroatoms. The number of carbonyl (C=O) groups is 1. The number of alkyl halides is 3. The molecule has 41 heavy (non-hydrogen) atoms. The van der Waals surface area contributed by atoms with Crippen LogP contribution in [0.4, 0.5) is 27.6 Å². The van der Waals surface area contributed by atoms with Gasteiger partial charge in [-0.25, -0.2) is 8.78 Å². The maximum atomic E-state index is 14.8. The van der Waals surface area contributed by atoms with Crippen LogP contribution in [0.15, 0.2) is 59.8 Å². The number of benzene rings is 2. The molecule has 0 saturated heterocycles. The summed E-state index contributed by atoms with van der Waals surface area (Å²) in [5, 5.41) is 13.2. The van der Waals surface area contributed by atoms with Crippen LogP contribution in [0.3, 0.4) is 0 Å². The van der Waals surface area contributed by atoms with E-state index in [1.165, 1.54) is 42.7 Å². The number of nitrogens with zero attached hydrogens (tertiary/aromatic N) is 4. The van der Waals surface area contributed by atoms with E-state index in [9.17, 15) is 31.5 Å². The van der Waals surface area contributed by atoms with E-state index in [0.717, 1.165) is 12.3 Å². The van der Waals surface area contributed by atoms with Crippen LogP contribution in [0, 0.1) is 17.6 Å². The maximum Gasteiger partial charge on any atom is 0.406 e. The van der Waals surface area contributed by atoms with Gasteiger partial charge in [-0.3, -0.25) is 9.59 Å². The van der Waals surface area contributed by atoms with E-state index < -0.39 is 41.4 Å². The highest BCUT2D eigenvalue weighted by atomic mass is 19.4. The minimum absolute atomic E-state index is 0.107. The van der Waals surface area contributed by atoms with Crippen molar-refractivity contribution in [2.75, 3.05) is 11.9 Å². The lowest BCUT2D eigenvalue weighted by Gasteiger charge is -2.15. The van der Waals surface area contributed by atoms with Gasteiger partial charge >= 0.3 is 6.18 Å². The second kappa shape index (κ2) is 12.0. The summed E-state index contributed by atoms with van der Waals surface area (Å²) in [6, 6.07) is 8.86. The Bertz CT molecular complexity index is 1630. The first kappa shape index (κ1) is 29.6. The van der Waals surface area contributed by atoms with Gasteiger partial charge in [0.25, 0.3) is 11.5 Å². The molecule has 0 fully saturated rings. The summed E-state index contributed by atoms with van der Waals surface area (Å²) >= 11 is 0. The number of rotatable bonds is 9. The van der Waals surface area contributed by atoms with E-state index in [2.05, 4.69) is 20.8 Å². The minimum Gasteiger partial charge on any atom is -0.319 e. The Morgan fingerprint density at radius 3 is 2.46 bits per heavy atom. The fraction of sp³-hybridized carbons (Fsp3) is 0.286. The van der Waals surface area contributed by atoms with Gasteiger partial charge in [-0.2, -0.15) is 13.2 Å². The predicted molar refractivity (Wildman–Crippen MR) is 143 cm³/mol. The normalized spacial score (nSPS) is 11.7. The molecule has 0 bridgehead atoms. The molecule has 2 N–H and O–H groups in total. The monoisotopic (exact) mass is 574 g/mol. The highest BCUT2D eigenvalue weighted by molar-refractivity contribution is 6.04. The molecule has 216 valence electrons. The lowest BCUT2D eigenvalue weighted by atomic mass is 9.98. The van der Waals surface area contributed by atoms with Crippen LogP contribution in [0.5, 0.6) is 0 Å². The van der Waals surface area contributed by atoms with Gasteiger partial charge in [-0.05, 0) is 59.5 Å². The van der Waals surface area contributed by atoms with E-state index in [1.54, 1.807) is 11.6 Å². The van der Waals surface area contributed by atoms with Gasteiger partial charge in [-0.15, -0.1) is 10.2 Å². The number of carbonyl (C=O) groups excluding carboxylic acids is 1. The summed E-state index contributed by atoms with van der Waals surface area (Å²) in [6.07, 6.45) is -2.24. The van der Waals surface area contributed by atoms with Gasteiger partial charge < -0.3 is 19.8 Å². The van der Waals surface area contributed by atoms with Crippen molar-refractivity contribution in [2.45, 2.75) is 33.1 Å². The molecular weight excluding hydrogens is 547 g/mol. The van der Waals surface area contributed by atoms with E-state index >= 15 is 0 Å². The van der Waals surface area contributed by atoms with Crippen LogP contribution >= 0.6 is 0 Å². The zero-order valence-corrected chi connectivity index (χ0v) is 22.4. The molecule has 0 aliphatic carbocycles. The fourth-order valence-electron chi connectivity index (χ4n) is 4.23. The van der Waals surface area contributed by atoms with E-state index in [-0.39, 0.29) is 23.7 Å². The van der Waals surface area contributed by atoms with Crippen molar-refractivity contribution < 1.29 is 26.7 Å². The van der Waals surface area contributed by atoms with E-state index in [0.29, 0.717) is 33.6 Å². The average Bonchev–Trinajstić information content (AvgIpc) is 3.31. The topological polar surface area (TPSA) is 93.8 Å². The molecule has 0 aliphatic rings. The second-order valence-electron chi connectivity index (χ2n) is 9.94. The molecule has 0 atom stereocenters. The Balaban J connectivity index is 1.71. The molecule has 2 aromatic heterocycles. The number of halogens is 5. The fourth-order valence-corrected chi connectivity index (χ4v) is 4.23. The predicted octanol–water partition coefficient (Wildman–Crippen LogP) is 5.15. The number of anilines is 1. The van der Waals surface area contributed by atoms with Gasteiger partial charge in [-0.1, -0.05) is 26.0 Å². The number of nitrogens with one attached hydrogen (secondary N) is 2. The number of aryl methyl sites for hydroxylation is 1. The SMILES string of the molecule is CC(C)CNCc1cc(C(=O)Nc2cc(-c3ccc(F)cc3-c3nncn3C)ccc2F)c(=O)n(CC(F)(F)F)c1. The van der Waals surface area contributed by atoms with Crippen LogP contribution in [0.2, 0.25) is 0 Å². The van der Waals surface area contributed by atoms with Gasteiger partial charge in [0.1, 0.15) is 30.1 Å². The number of amides is 1. The average molecular weight is 575 g/mol. The number of hydrogen-bond donors (Lipinski definition) is 2. The number of aromatic nitrogens is 4. The summed E-state index contributed by atoms with van der Waals surface area (Å²) < 4.78 is 70.5. The largest absolute Gasteiger partial charge is 0.406 e. The molecule has 1 amide bonds. The quantitative estimate of drug-likeness (QED) is 0.270. The van der Waals surface area contributed by atoms with Gasteiger partial charge in [0.2, 0.25) is 0 Å². The Kier molecular flexibility index (Phi) is 8.66. The molecule has 8 nitrogen and oxygen atoms in total. The van der Waals surface area contributed by atoms with Gasteiger partial charge in [0, 0.05) is 25.4 Å². The lowest BCUT2D eigenvalue weighted by molar-refractivity contribution is -0.141. The first-order valence-electron chi connectivity index (χ1n) is 12.6. The Morgan fingerprint density at radius 1 is 1.05 bits per heavy atom. The lowest BCUT2D eigenvalue weighted by Crippen LogP contribution is -2.34. The van der Waals surface area contributed by atoms with Crippen LogP contribution in [-0.4, -0.2) is 38.0 Å². The molecule has 2 aromatic carbocycles. The van der Waals surface area contributed by atoms with E-state index in [1.807, 2.05) is 13.8 Å². The summed E-state index contributed by atoms with van der Waals surface area (Å²) in [5.41, 5.74) is -0.633. The van der Waals surface area contributed by atoms with Crippen LogP contribution in [-0.2, 0) is 20.1 Å². The van der Waals surface area contributed by atoms with Crippen LogP contribution in [0.1, 0.15) is 29.8 Å². The summed E-state index contributed by atoms with van der Waals surface area (Å²) in [7, 11) is 1.67. The van der Waals surface area contributed by atoms with Gasteiger partial charge in [0.05, 0.1) is 5.69 Å². The third-order valence-electron chi connectivity index (χ3n) is 6.08.